The van der Waals surface area contributed by atoms with E-state index in [0.29, 0.717) is 5.82 Å². The lowest BCUT2D eigenvalue weighted by molar-refractivity contribution is 0.171. The molecule has 2 aliphatic rings. The van der Waals surface area contributed by atoms with E-state index in [1.807, 2.05) is 60.8 Å². The SMILES string of the molecule is Cc1ccc(-n2nc(C(C)(C)C)cc2NC(=O)N[C@H]2CC[C@@H](Oc3ccc4nnc([C@H]5CCCN5C)n4c3)c3ccccc32)cc1. The van der Waals surface area contributed by atoms with Crippen molar-refractivity contribution in [1.82, 2.24) is 34.6 Å². The van der Waals surface area contributed by atoms with Gasteiger partial charge in [0, 0.05) is 11.5 Å². The van der Waals surface area contributed by atoms with Crippen LogP contribution in [0.2, 0.25) is 0 Å². The molecule has 10 nitrogen and oxygen atoms in total. The summed E-state index contributed by atoms with van der Waals surface area (Å²) in [5.41, 5.74) is 5.75. The summed E-state index contributed by atoms with van der Waals surface area (Å²) in [5.74, 6) is 2.36. The quantitative estimate of drug-likeness (QED) is 0.211. The van der Waals surface area contributed by atoms with Gasteiger partial charge in [-0.15, -0.1) is 10.2 Å². The van der Waals surface area contributed by atoms with Crippen molar-refractivity contribution in [2.45, 2.75) is 77.0 Å². The summed E-state index contributed by atoms with van der Waals surface area (Å²) in [6, 6.07) is 22.1. The molecule has 10 heteroatoms. The minimum absolute atomic E-state index is 0.138. The van der Waals surface area contributed by atoms with Crippen molar-refractivity contribution < 1.29 is 9.53 Å². The number of nitrogens with one attached hydrogen (secondary N) is 2. The number of pyridine rings is 1. The summed E-state index contributed by atoms with van der Waals surface area (Å²) in [4.78, 5) is 15.8. The van der Waals surface area contributed by atoms with E-state index in [1.165, 1.54) is 5.56 Å². The molecule has 0 unspecified atom stereocenters. The molecule has 1 aliphatic heterocycles. The van der Waals surface area contributed by atoms with Crippen LogP contribution in [0.15, 0.2) is 72.9 Å². The topological polar surface area (TPSA) is 102 Å². The van der Waals surface area contributed by atoms with E-state index < -0.39 is 0 Å². The maximum absolute atomic E-state index is 13.5. The molecule has 7 rings (SSSR count). The van der Waals surface area contributed by atoms with Gasteiger partial charge in [-0.25, -0.2) is 9.48 Å². The number of urea groups is 1. The van der Waals surface area contributed by atoms with Crippen LogP contribution >= 0.6 is 0 Å². The number of hydrogen-bond acceptors (Lipinski definition) is 6. The maximum atomic E-state index is 13.5. The van der Waals surface area contributed by atoms with E-state index in [1.54, 1.807) is 4.68 Å². The first kappa shape index (κ1) is 30.0. The fourth-order valence-electron chi connectivity index (χ4n) is 6.64. The van der Waals surface area contributed by atoms with Crippen LogP contribution in [0.3, 0.4) is 0 Å². The Balaban J connectivity index is 1.09. The number of likely N-dealkylation sites (tertiary alicyclic amines) is 1. The number of anilines is 1. The van der Waals surface area contributed by atoms with Crippen molar-refractivity contribution in [2.24, 2.45) is 0 Å². The Labute approximate surface area is 269 Å². The predicted octanol–water partition coefficient (Wildman–Crippen LogP) is 7.06. The van der Waals surface area contributed by atoms with Gasteiger partial charge in [0.25, 0.3) is 0 Å². The fourth-order valence-corrected chi connectivity index (χ4v) is 6.64. The fraction of sp³-hybridized carbons (Fsp3) is 0.389. The van der Waals surface area contributed by atoms with Crippen molar-refractivity contribution in [3.05, 3.63) is 101 Å². The molecule has 3 aromatic heterocycles. The van der Waals surface area contributed by atoms with Crippen LogP contribution in [0.5, 0.6) is 5.75 Å². The van der Waals surface area contributed by atoms with Crippen molar-refractivity contribution in [3.8, 4) is 11.4 Å². The van der Waals surface area contributed by atoms with Crippen LogP contribution < -0.4 is 15.4 Å². The number of rotatable bonds is 6. The molecule has 2 aromatic carbocycles. The highest BCUT2D eigenvalue weighted by atomic mass is 16.5. The van der Waals surface area contributed by atoms with E-state index in [9.17, 15) is 4.79 Å². The minimum atomic E-state index is -0.268. The summed E-state index contributed by atoms with van der Waals surface area (Å²) in [6.07, 6.45) is 5.61. The van der Waals surface area contributed by atoms with Crippen molar-refractivity contribution in [2.75, 3.05) is 18.9 Å². The van der Waals surface area contributed by atoms with E-state index >= 15 is 0 Å². The third kappa shape index (κ3) is 5.85. The van der Waals surface area contributed by atoms with Gasteiger partial charge in [0.15, 0.2) is 11.5 Å². The number of fused-ring (bicyclic) bond motifs is 2. The average molecular weight is 619 g/mol. The largest absolute Gasteiger partial charge is 0.484 e. The summed E-state index contributed by atoms with van der Waals surface area (Å²) < 4.78 is 10.5. The number of carbonyl (C=O) groups is 1. The molecule has 3 atom stereocenters. The standard InChI is InChI=1S/C36H42N8O2/c1-23-12-14-24(15-13-23)44-33(21-31(41-44)36(2,3)4)38-35(45)37-28-17-18-30(27-10-7-6-9-26(27)28)46-25-16-19-32-39-40-34(43(32)22-25)29-11-8-20-42(29)5/h6-7,9-10,12-16,19,21-22,28-30H,8,11,17-18,20H2,1-5H3,(H2,37,38,45)/t28-,29+,30+/m0/s1. The molecule has 0 bridgehead atoms. The van der Waals surface area contributed by atoms with Gasteiger partial charge in [-0.3, -0.25) is 14.6 Å². The van der Waals surface area contributed by atoms with Gasteiger partial charge >= 0.3 is 6.03 Å². The van der Waals surface area contributed by atoms with Gasteiger partial charge in [-0.1, -0.05) is 62.7 Å². The van der Waals surface area contributed by atoms with Crippen LogP contribution in [0.1, 0.15) is 92.9 Å². The Hall–Kier alpha value is -4.70. The molecular weight excluding hydrogens is 576 g/mol. The summed E-state index contributed by atoms with van der Waals surface area (Å²) in [7, 11) is 2.14. The van der Waals surface area contributed by atoms with Gasteiger partial charge < -0.3 is 10.1 Å². The van der Waals surface area contributed by atoms with E-state index in [-0.39, 0.29) is 29.6 Å². The first-order chi connectivity index (χ1) is 22.1. The first-order valence-electron chi connectivity index (χ1n) is 16.2. The third-order valence-corrected chi connectivity index (χ3v) is 9.24. The Morgan fingerprint density at radius 2 is 1.74 bits per heavy atom. The first-order valence-corrected chi connectivity index (χ1v) is 16.2. The highest BCUT2D eigenvalue weighted by Gasteiger charge is 2.31. The predicted molar refractivity (Wildman–Crippen MR) is 179 cm³/mol. The van der Waals surface area contributed by atoms with Gasteiger partial charge in [0.05, 0.1) is 29.7 Å². The number of aromatic nitrogens is 5. The highest BCUT2D eigenvalue weighted by Crippen LogP contribution is 2.39. The van der Waals surface area contributed by atoms with E-state index in [2.05, 4.69) is 77.0 Å². The molecule has 2 N–H and O–H groups in total. The second-order valence-electron chi connectivity index (χ2n) is 13.7. The van der Waals surface area contributed by atoms with E-state index in [4.69, 9.17) is 9.84 Å². The third-order valence-electron chi connectivity index (χ3n) is 9.24. The Morgan fingerprint density at radius 3 is 2.48 bits per heavy atom. The number of carbonyl (C=O) groups excluding carboxylic acids is 1. The van der Waals surface area contributed by atoms with Crippen molar-refractivity contribution >= 4 is 17.5 Å². The number of amides is 2. The Bertz CT molecular complexity index is 1870. The molecule has 0 spiro atoms. The number of nitrogens with zero attached hydrogens (tertiary/aromatic N) is 6. The zero-order chi connectivity index (χ0) is 32.0. The highest BCUT2D eigenvalue weighted by molar-refractivity contribution is 5.89. The molecule has 1 saturated heterocycles. The zero-order valence-electron chi connectivity index (χ0n) is 27.2. The monoisotopic (exact) mass is 618 g/mol. The van der Waals surface area contributed by atoms with Crippen molar-refractivity contribution in [1.29, 1.82) is 0 Å². The average Bonchev–Trinajstić information content (AvgIpc) is 3.77. The van der Waals surface area contributed by atoms with Crippen LogP contribution in [0.4, 0.5) is 10.6 Å². The normalized spacial score (nSPS) is 20.1. The zero-order valence-corrected chi connectivity index (χ0v) is 27.2. The lowest BCUT2D eigenvalue weighted by Gasteiger charge is -2.32. The number of aryl methyl sites for hydroxylation is 1. The maximum Gasteiger partial charge on any atom is 0.320 e. The second-order valence-corrected chi connectivity index (χ2v) is 13.7. The van der Waals surface area contributed by atoms with Gasteiger partial charge in [0.1, 0.15) is 17.7 Å². The molecule has 0 saturated carbocycles. The molecule has 238 valence electrons. The van der Waals surface area contributed by atoms with Gasteiger partial charge in [-0.2, -0.15) is 5.10 Å². The summed E-state index contributed by atoms with van der Waals surface area (Å²) >= 11 is 0. The number of hydrogen-bond donors (Lipinski definition) is 2. The Morgan fingerprint density at radius 1 is 0.957 bits per heavy atom. The summed E-state index contributed by atoms with van der Waals surface area (Å²) in [6.45, 7) is 9.48. The molecule has 4 heterocycles. The molecule has 0 radical (unpaired) electrons. The lowest BCUT2D eigenvalue weighted by Crippen LogP contribution is -2.36. The number of ether oxygens (including phenoxy) is 1. The minimum Gasteiger partial charge on any atom is -0.484 e. The number of benzene rings is 2. The van der Waals surface area contributed by atoms with Crippen LogP contribution in [0, 0.1) is 6.92 Å². The smallest absolute Gasteiger partial charge is 0.320 e. The van der Waals surface area contributed by atoms with Gasteiger partial charge in [0.2, 0.25) is 0 Å². The summed E-state index contributed by atoms with van der Waals surface area (Å²) in [5, 5.41) is 20.1. The molecule has 1 aliphatic carbocycles. The molecule has 1 fully saturated rings. The molecular formula is C36H42N8O2. The molecule has 5 aromatic rings. The molecule has 46 heavy (non-hydrogen) atoms. The van der Waals surface area contributed by atoms with E-state index in [0.717, 1.165) is 72.0 Å². The lowest BCUT2D eigenvalue weighted by atomic mass is 9.85. The second kappa shape index (κ2) is 11.9. The van der Waals surface area contributed by atoms with Gasteiger partial charge in [-0.05, 0) is 81.6 Å². The van der Waals surface area contributed by atoms with Crippen LogP contribution in [-0.2, 0) is 5.41 Å². The van der Waals surface area contributed by atoms with Crippen molar-refractivity contribution in [3.63, 3.8) is 0 Å². The van der Waals surface area contributed by atoms with Crippen LogP contribution in [-0.4, -0.2) is 48.9 Å². The molecule has 2 amide bonds. The Kier molecular flexibility index (Phi) is 7.76. The van der Waals surface area contributed by atoms with Crippen LogP contribution in [0.25, 0.3) is 11.3 Å².